The summed E-state index contributed by atoms with van der Waals surface area (Å²) in [6, 6.07) is 16.2. The van der Waals surface area contributed by atoms with E-state index < -0.39 is 16.8 Å². The van der Waals surface area contributed by atoms with Crippen molar-refractivity contribution in [1.82, 2.24) is 0 Å². The molecule has 0 aromatic heterocycles. The van der Waals surface area contributed by atoms with Crippen molar-refractivity contribution in [2.75, 3.05) is 0 Å². The van der Waals surface area contributed by atoms with Crippen molar-refractivity contribution < 1.29 is 35.7 Å². The zero-order valence-corrected chi connectivity index (χ0v) is 26.3. The van der Waals surface area contributed by atoms with Crippen LogP contribution in [-0.4, -0.2) is 14.7 Å². The van der Waals surface area contributed by atoms with Crippen molar-refractivity contribution in [3.8, 4) is 0 Å². The van der Waals surface area contributed by atoms with Gasteiger partial charge >= 0.3 is 0 Å². The van der Waals surface area contributed by atoms with E-state index in [0.29, 0.717) is 0 Å². The maximum absolute atomic E-state index is 10.3. The number of hydrogen-bond donors (Lipinski definition) is 3. The molecular formula is C30H49MoO3PS. The van der Waals surface area contributed by atoms with Crippen LogP contribution in [0, 0.1) is 0 Å². The molecule has 0 aliphatic rings. The predicted octanol–water partition coefficient (Wildman–Crippen LogP) is 8.96. The van der Waals surface area contributed by atoms with Crippen LogP contribution < -0.4 is 0 Å². The van der Waals surface area contributed by atoms with Gasteiger partial charge in [-0.2, -0.15) is 0 Å². The van der Waals surface area contributed by atoms with E-state index in [1.165, 1.54) is 101 Å². The number of hydrogen-bond acceptors (Lipinski definition) is 0. The molecule has 0 aliphatic heterocycles. The average Bonchev–Trinajstić information content (AvgIpc) is 2.84. The molecule has 0 saturated carbocycles. The molecular weight excluding hydrogens is 567 g/mol. The van der Waals surface area contributed by atoms with E-state index in [-0.39, 0.29) is 21.1 Å². The van der Waals surface area contributed by atoms with Gasteiger partial charge in [-0.15, -0.1) is 0 Å². The summed E-state index contributed by atoms with van der Waals surface area (Å²) in [5.74, 6) is 0. The Kier molecular flexibility index (Phi) is 18.6. The SMILES string of the molecule is CCCCCCCCCc1ccc(S(c2ccc(CCCCCCCCC)cc2)=P(O)(O)O)cc1.[Mo]. The van der Waals surface area contributed by atoms with E-state index in [4.69, 9.17) is 0 Å². The first-order chi connectivity index (χ1) is 17.0. The standard InChI is InChI=1S/C30H49O3PS.Mo/c1-3-5-7-9-11-13-15-17-27-19-23-29(24-20-27)35(34(31,32)33)30-25-21-28(22-26-30)18-16-14-12-10-8-6-4-2;/h19-26,31-33H,3-18H2,1-2H3;. The normalized spacial score (nSPS) is 11.6. The first kappa shape index (κ1) is 33.8. The maximum atomic E-state index is 10.3. The molecule has 0 fully saturated rings. The number of benzene rings is 2. The van der Waals surface area contributed by atoms with Crippen LogP contribution in [0.25, 0.3) is 0 Å². The zero-order valence-electron chi connectivity index (χ0n) is 22.5. The molecule has 2 aromatic carbocycles. The molecule has 0 bridgehead atoms. The van der Waals surface area contributed by atoms with Gasteiger partial charge in [-0.1, -0.05) is 125 Å². The second-order valence-corrected chi connectivity index (χ2v) is 14.9. The largest absolute Gasteiger partial charge is 0.328 e. The Morgan fingerprint density at radius 2 is 0.806 bits per heavy atom. The third-order valence-corrected chi connectivity index (χ3v) is 11.3. The van der Waals surface area contributed by atoms with Crippen LogP contribution in [0.15, 0.2) is 58.3 Å². The van der Waals surface area contributed by atoms with Gasteiger partial charge in [-0.25, -0.2) is 0 Å². The molecule has 204 valence electrons. The molecule has 0 heterocycles. The Hall–Kier alpha value is -0.212. The van der Waals surface area contributed by atoms with E-state index in [1.807, 2.05) is 24.3 Å². The van der Waals surface area contributed by atoms with Crippen molar-refractivity contribution >= 4 is 16.8 Å². The fourth-order valence-electron chi connectivity index (χ4n) is 4.56. The van der Waals surface area contributed by atoms with E-state index in [9.17, 15) is 14.7 Å². The minimum absolute atomic E-state index is 0. The second-order valence-electron chi connectivity index (χ2n) is 9.83. The molecule has 0 saturated heterocycles. The fourth-order valence-corrected chi connectivity index (χ4v) is 8.61. The first-order valence-electron chi connectivity index (χ1n) is 14.0. The minimum atomic E-state index is -4.05. The quantitative estimate of drug-likeness (QED) is 0.0890. The van der Waals surface area contributed by atoms with E-state index >= 15 is 0 Å². The second kappa shape index (κ2) is 19.8. The molecule has 2 aromatic rings. The molecule has 0 radical (unpaired) electrons. The maximum Gasteiger partial charge on any atom is 0.286 e. The van der Waals surface area contributed by atoms with E-state index in [2.05, 4.69) is 38.1 Å². The van der Waals surface area contributed by atoms with Gasteiger partial charge in [0.05, 0.1) is 0 Å². The molecule has 0 amide bonds. The van der Waals surface area contributed by atoms with Crippen LogP contribution in [-0.2, 0) is 44.0 Å². The van der Waals surface area contributed by atoms with Crippen molar-refractivity contribution in [3.63, 3.8) is 0 Å². The van der Waals surface area contributed by atoms with Gasteiger partial charge in [0.25, 0.3) is 6.72 Å². The van der Waals surface area contributed by atoms with Crippen molar-refractivity contribution in [1.29, 1.82) is 0 Å². The van der Waals surface area contributed by atoms with Crippen molar-refractivity contribution in [2.24, 2.45) is 0 Å². The first-order valence-corrected chi connectivity index (χ1v) is 17.4. The van der Waals surface area contributed by atoms with Crippen LogP contribution in [0.3, 0.4) is 0 Å². The third kappa shape index (κ3) is 13.5. The van der Waals surface area contributed by atoms with E-state index in [0.717, 1.165) is 22.6 Å². The summed E-state index contributed by atoms with van der Waals surface area (Å²) < 4.78 is 0. The molecule has 6 heteroatoms. The minimum Gasteiger partial charge on any atom is -0.328 e. The smallest absolute Gasteiger partial charge is 0.286 e. The average molecular weight is 617 g/mol. The molecule has 36 heavy (non-hydrogen) atoms. The summed E-state index contributed by atoms with van der Waals surface area (Å²) in [6.45, 7) is 0.445. The van der Waals surface area contributed by atoms with Crippen LogP contribution in [0.2, 0.25) is 0 Å². The van der Waals surface area contributed by atoms with Gasteiger partial charge in [0, 0.05) is 30.9 Å². The zero-order chi connectivity index (χ0) is 25.4. The van der Waals surface area contributed by atoms with Crippen LogP contribution >= 0.6 is 6.72 Å². The molecule has 0 aliphatic carbocycles. The molecule has 3 N–H and O–H groups in total. The number of aryl methyl sites for hydroxylation is 2. The molecule has 0 spiro atoms. The molecule has 0 unspecified atom stereocenters. The number of unbranched alkanes of at least 4 members (excludes halogenated alkanes) is 12. The van der Waals surface area contributed by atoms with E-state index in [1.54, 1.807) is 0 Å². The van der Waals surface area contributed by atoms with Gasteiger partial charge in [-0.05, 0) is 61.1 Å². The van der Waals surface area contributed by atoms with Gasteiger partial charge in [0.15, 0.2) is 0 Å². The molecule has 2 rings (SSSR count). The Balaban J connectivity index is 0.00000648. The van der Waals surface area contributed by atoms with Gasteiger partial charge < -0.3 is 14.7 Å². The van der Waals surface area contributed by atoms with Crippen molar-refractivity contribution in [2.45, 2.75) is 126 Å². The summed E-state index contributed by atoms with van der Waals surface area (Å²) >= 11 is 0. The van der Waals surface area contributed by atoms with Gasteiger partial charge in [-0.3, -0.25) is 0 Å². The van der Waals surface area contributed by atoms with Crippen LogP contribution in [0.5, 0.6) is 0 Å². The topological polar surface area (TPSA) is 60.7 Å². The third-order valence-electron chi connectivity index (χ3n) is 6.68. The monoisotopic (exact) mass is 618 g/mol. The Morgan fingerprint density at radius 3 is 1.11 bits per heavy atom. The number of rotatable bonds is 18. The van der Waals surface area contributed by atoms with Gasteiger partial charge in [0.1, 0.15) is 0 Å². The van der Waals surface area contributed by atoms with Crippen LogP contribution in [0.4, 0.5) is 0 Å². The van der Waals surface area contributed by atoms with Crippen molar-refractivity contribution in [3.05, 3.63) is 59.7 Å². The van der Waals surface area contributed by atoms with Crippen LogP contribution in [0.1, 0.15) is 115 Å². The Bertz CT molecular complexity index is 806. The van der Waals surface area contributed by atoms with Gasteiger partial charge in [0.2, 0.25) is 0 Å². The molecule has 3 nitrogen and oxygen atoms in total. The molecule has 0 atom stereocenters. The summed E-state index contributed by atoms with van der Waals surface area (Å²) in [4.78, 5) is 32.4. The Labute approximate surface area is 237 Å². The summed E-state index contributed by atoms with van der Waals surface area (Å²) in [7, 11) is -1.13. The summed E-state index contributed by atoms with van der Waals surface area (Å²) in [5, 5.41) is 0. The predicted molar refractivity (Wildman–Crippen MR) is 154 cm³/mol. The summed E-state index contributed by atoms with van der Waals surface area (Å²) in [6.07, 6.45) is 20.3. The summed E-state index contributed by atoms with van der Waals surface area (Å²) in [5.41, 5.74) is 2.54. The Morgan fingerprint density at radius 1 is 0.500 bits per heavy atom. The fraction of sp³-hybridized carbons (Fsp3) is 0.600.